The lowest BCUT2D eigenvalue weighted by Crippen LogP contribution is -2.24. The third-order valence-electron chi connectivity index (χ3n) is 3.45. The van der Waals surface area contributed by atoms with E-state index < -0.39 is 0 Å². The average molecular weight is 279 g/mol. The number of benzene rings is 1. The summed E-state index contributed by atoms with van der Waals surface area (Å²) in [5, 5.41) is 9.13. The van der Waals surface area contributed by atoms with Crippen LogP contribution in [0.1, 0.15) is 18.9 Å². The fourth-order valence-electron chi connectivity index (χ4n) is 2.44. The predicted molar refractivity (Wildman–Crippen MR) is 74.8 cm³/mol. The van der Waals surface area contributed by atoms with Gasteiger partial charge in [-0.25, -0.2) is 0 Å². The van der Waals surface area contributed by atoms with E-state index in [0.717, 1.165) is 5.56 Å². The average Bonchev–Trinajstić information content (AvgIpc) is 2.80. The molecule has 110 valence electrons. The van der Waals surface area contributed by atoms with Gasteiger partial charge in [0.05, 0.1) is 13.7 Å². The Balaban J connectivity index is 2.09. The molecule has 0 spiro atoms. The Morgan fingerprint density at radius 1 is 1.40 bits per heavy atom. The Hall–Kier alpha value is -1.75. The van der Waals surface area contributed by atoms with Gasteiger partial charge < -0.3 is 19.5 Å². The summed E-state index contributed by atoms with van der Waals surface area (Å²) in [6.45, 7) is 3.71. The number of amides is 1. The molecular weight excluding hydrogens is 258 g/mol. The van der Waals surface area contributed by atoms with E-state index in [-0.39, 0.29) is 18.4 Å². The highest BCUT2D eigenvalue weighted by Gasteiger charge is 2.28. The molecule has 1 aromatic carbocycles. The molecular formula is C15H21NO4. The number of aliphatic hydroxyl groups is 1. The molecule has 20 heavy (non-hydrogen) atoms. The van der Waals surface area contributed by atoms with Crippen molar-refractivity contribution in [2.45, 2.75) is 19.9 Å². The Labute approximate surface area is 119 Å². The van der Waals surface area contributed by atoms with Gasteiger partial charge in [-0.15, -0.1) is 0 Å². The quantitative estimate of drug-likeness (QED) is 0.856. The van der Waals surface area contributed by atoms with Crippen LogP contribution in [0, 0.1) is 5.92 Å². The van der Waals surface area contributed by atoms with E-state index in [9.17, 15) is 4.79 Å². The molecule has 0 bridgehead atoms. The van der Waals surface area contributed by atoms with Gasteiger partial charge in [-0.2, -0.15) is 0 Å². The van der Waals surface area contributed by atoms with Gasteiger partial charge in [0.25, 0.3) is 0 Å². The Morgan fingerprint density at radius 2 is 2.20 bits per heavy atom. The third-order valence-corrected chi connectivity index (χ3v) is 3.45. The molecule has 5 nitrogen and oxygen atoms in total. The normalized spacial score (nSPS) is 18.4. The summed E-state index contributed by atoms with van der Waals surface area (Å²) in [5.74, 6) is 1.54. The molecule has 1 heterocycles. The van der Waals surface area contributed by atoms with Gasteiger partial charge in [-0.3, -0.25) is 4.79 Å². The highest BCUT2D eigenvalue weighted by Crippen LogP contribution is 2.29. The van der Waals surface area contributed by atoms with Gasteiger partial charge in [0.2, 0.25) is 5.91 Å². The van der Waals surface area contributed by atoms with Gasteiger partial charge in [0.15, 0.2) is 11.5 Å². The van der Waals surface area contributed by atoms with Crippen LogP contribution in [0.25, 0.3) is 0 Å². The Morgan fingerprint density at radius 3 is 2.80 bits per heavy atom. The van der Waals surface area contributed by atoms with Crippen molar-refractivity contribution in [2.24, 2.45) is 5.92 Å². The number of ether oxygens (including phenoxy) is 2. The summed E-state index contributed by atoms with van der Waals surface area (Å²) < 4.78 is 10.8. The van der Waals surface area contributed by atoms with Crippen molar-refractivity contribution in [2.75, 3.05) is 26.9 Å². The molecule has 0 radical (unpaired) electrons. The molecule has 1 atom stereocenters. The molecule has 0 aromatic heterocycles. The fraction of sp³-hybridized carbons (Fsp3) is 0.533. The lowest BCUT2D eigenvalue weighted by molar-refractivity contribution is -0.128. The van der Waals surface area contributed by atoms with Gasteiger partial charge in [-0.1, -0.05) is 6.07 Å². The molecule has 5 heteroatoms. The molecule has 0 aliphatic carbocycles. The van der Waals surface area contributed by atoms with Crippen molar-refractivity contribution in [3.8, 4) is 11.5 Å². The van der Waals surface area contributed by atoms with Crippen LogP contribution < -0.4 is 9.47 Å². The number of aliphatic hydroxyl groups excluding tert-OH is 1. The van der Waals surface area contributed by atoms with E-state index in [1.54, 1.807) is 12.0 Å². The Kier molecular flexibility index (Phi) is 4.84. The maximum atomic E-state index is 11.8. The van der Waals surface area contributed by atoms with Crippen molar-refractivity contribution in [3.63, 3.8) is 0 Å². The van der Waals surface area contributed by atoms with Crippen molar-refractivity contribution >= 4 is 5.91 Å². The lowest BCUT2D eigenvalue weighted by atomic mass is 10.1. The van der Waals surface area contributed by atoms with E-state index in [1.807, 2.05) is 25.1 Å². The number of nitrogens with zero attached hydrogens (tertiary/aromatic N) is 1. The number of carbonyl (C=O) groups excluding carboxylic acids is 1. The Bertz CT molecular complexity index is 475. The first-order valence-corrected chi connectivity index (χ1v) is 6.86. The molecule has 1 N–H and O–H groups in total. The first kappa shape index (κ1) is 14.7. The first-order valence-electron chi connectivity index (χ1n) is 6.86. The molecule has 1 aliphatic heterocycles. The van der Waals surface area contributed by atoms with Crippen molar-refractivity contribution in [1.82, 2.24) is 4.90 Å². The van der Waals surface area contributed by atoms with E-state index in [0.29, 0.717) is 37.6 Å². The monoisotopic (exact) mass is 279 g/mol. The summed E-state index contributed by atoms with van der Waals surface area (Å²) in [5.41, 5.74) is 1.00. The highest BCUT2D eigenvalue weighted by atomic mass is 16.5. The zero-order valence-electron chi connectivity index (χ0n) is 12.0. The number of carbonyl (C=O) groups is 1. The summed E-state index contributed by atoms with van der Waals surface area (Å²) >= 11 is 0. The summed E-state index contributed by atoms with van der Waals surface area (Å²) in [4.78, 5) is 13.6. The number of rotatable bonds is 6. The highest BCUT2D eigenvalue weighted by molar-refractivity contribution is 5.78. The maximum absolute atomic E-state index is 11.8. The molecule has 2 rings (SSSR count). The minimum atomic E-state index is 0.0621. The summed E-state index contributed by atoms with van der Waals surface area (Å²) in [6, 6.07) is 5.69. The predicted octanol–water partition coefficient (Wildman–Crippen LogP) is 1.43. The summed E-state index contributed by atoms with van der Waals surface area (Å²) in [6.07, 6.45) is 0.435. The molecule has 1 aliphatic rings. The van der Waals surface area contributed by atoms with E-state index in [4.69, 9.17) is 14.6 Å². The minimum Gasteiger partial charge on any atom is -0.493 e. The third kappa shape index (κ3) is 3.22. The topological polar surface area (TPSA) is 59.0 Å². The molecule has 1 aromatic rings. The van der Waals surface area contributed by atoms with Crippen LogP contribution >= 0.6 is 0 Å². The molecule has 1 fully saturated rings. The number of hydrogen-bond donors (Lipinski definition) is 1. The van der Waals surface area contributed by atoms with E-state index >= 15 is 0 Å². The first-order chi connectivity index (χ1) is 9.67. The number of likely N-dealkylation sites (tertiary alicyclic amines) is 1. The SMILES string of the molecule is CCOc1cc(CN2CC(CO)CC2=O)ccc1OC. The second kappa shape index (κ2) is 6.61. The molecule has 1 unspecified atom stereocenters. The number of hydrogen-bond acceptors (Lipinski definition) is 4. The fourth-order valence-corrected chi connectivity index (χ4v) is 2.44. The van der Waals surface area contributed by atoms with Gasteiger partial charge in [0.1, 0.15) is 0 Å². The van der Waals surface area contributed by atoms with Crippen molar-refractivity contribution < 1.29 is 19.4 Å². The second-order valence-corrected chi connectivity index (χ2v) is 4.95. The zero-order chi connectivity index (χ0) is 14.5. The maximum Gasteiger partial charge on any atom is 0.223 e. The van der Waals surface area contributed by atoms with Crippen LogP contribution in [0.3, 0.4) is 0 Å². The van der Waals surface area contributed by atoms with E-state index in [1.165, 1.54) is 0 Å². The van der Waals surface area contributed by atoms with Crippen LogP contribution in [0.15, 0.2) is 18.2 Å². The van der Waals surface area contributed by atoms with E-state index in [2.05, 4.69) is 0 Å². The zero-order valence-corrected chi connectivity index (χ0v) is 12.0. The molecule has 1 saturated heterocycles. The standard InChI is InChI=1S/C15H21NO4/c1-3-20-14-6-11(4-5-13(14)19-2)8-16-9-12(10-17)7-15(16)18/h4-6,12,17H,3,7-10H2,1-2H3. The van der Waals surface area contributed by atoms with Crippen molar-refractivity contribution in [1.29, 1.82) is 0 Å². The lowest BCUT2D eigenvalue weighted by Gasteiger charge is -2.18. The van der Waals surface area contributed by atoms with Crippen LogP contribution in [0.5, 0.6) is 11.5 Å². The largest absolute Gasteiger partial charge is 0.493 e. The number of methoxy groups -OCH3 is 1. The van der Waals surface area contributed by atoms with Gasteiger partial charge in [-0.05, 0) is 24.6 Å². The smallest absolute Gasteiger partial charge is 0.223 e. The minimum absolute atomic E-state index is 0.0621. The summed E-state index contributed by atoms with van der Waals surface area (Å²) in [7, 11) is 1.60. The molecule has 1 amide bonds. The second-order valence-electron chi connectivity index (χ2n) is 4.95. The van der Waals surface area contributed by atoms with Gasteiger partial charge >= 0.3 is 0 Å². The van der Waals surface area contributed by atoms with Crippen LogP contribution in [0.2, 0.25) is 0 Å². The van der Waals surface area contributed by atoms with Crippen LogP contribution in [-0.2, 0) is 11.3 Å². The van der Waals surface area contributed by atoms with Gasteiger partial charge in [0, 0.05) is 32.0 Å². The van der Waals surface area contributed by atoms with Crippen LogP contribution in [0.4, 0.5) is 0 Å². The molecule has 0 saturated carbocycles. The van der Waals surface area contributed by atoms with Crippen LogP contribution in [-0.4, -0.2) is 42.8 Å². The van der Waals surface area contributed by atoms with Crippen molar-refractivity contribution in [3.05, 3.63) is 23.8 Å².